The fourth-order valence-electron chi connectivity index (χ4n) is 16.1. The number of rotatable bonds is 90. The largest absolute Gasteiger partial charge is 2.00 e. The minimum Gasteiger partial charge on any atom is -0.548 e. The first-order valence-electron chi connectivity index (χ1n) is 48.2. The van der Waals surface area contributed by atoms with Crippen LogP contribution in [0.3, 0.4) is 0 Å². The van der Waals surface area contributed by atoms with E-state index in [4.69, 9.17) is 0 Å². The second-order valence-corrected chi connectivity index (χ2v) is 33.5. The SMILES string of the molecule is CCCCCCCCCCCCCCCCCCCCCN(CCCCCCCCCCCCCCCCCCCCC)C(CCCC)C(=O)[O-].CCCCCCCCCCCCCCCCCCCCCN(CCCCCCCCCCCCCCCCCCCCC)C(CCCC)C(=O)[O-].[Ca+2]. The van der Waals surface area contributed by atoms with Crippen LogP contribution in [0.4, 0.5) is 0 Å². The summed E-state index contributed by atoms with van der Waals surface area (Å²) in [6.45, 7) is 17.2. The van der Waals surface area contributed by atoms with Gasteiger partial charge in [0.15, 0.2) is 0 Å². The molecule has 2 atom stereocenters. The van der Waals surface area contributed by atoms with E-state index in [1.54, 1.807) is 0 Å². The van der Waals surface area contributed by atoms with Crippen LogP contribution in [-0.2, 0) is 9.59 Å². The molecule has 6 nitrogen and oxygen atoms in total. The van der Waals surface area contributed by atoms with Crippen molar-refractivity contribution in [1.29, 1.82) is 0 Å². The van der Waals surface area contributed by atoms with E-state index in [2.05, 4.69) is 51.3 Å². The molecule has 0 aliphatic heterocycles. The van der Waals surface area contributed by atoms with Crippen molar-refractivity contribution in [3.8, 4) is 0 Å². The molecule has 103 heavy (non-hydrogen) atoms. The molecule has 2 unspecified atom stereocenters. The number of carbonyl (C=O) groups is 2. The third-order valence-electron chi connectivity index (χ3n) is 23.3. The number of unbranched alkanes of at least 4 members (excludes halogenated alkanes) is 74. The van der Waals surface area contributed by atoms with Gasteiger partial charge in [-0.15, -0.1) is 0 Å². The molecule has 0 heterocycles. The van der Waals surface area contributed by atoms with Crippen LogP contribution in [0.2, 0.25) is 0 Å². The van der Waals surface area contributed by atoms with Crippen molar-refractivity contribution in [3.05, 3.63) is 0 Å². The summed E-state index contributed by atoms with van der Waals surface area (Å²) < 4.78 is 0. The predicted octanol–water partition coefficient (Wildman–Crippen LogP) is 30.5. The molecular weight excluding hydrogens is 1290 g/mol. The summed E-state index contributed by atoms with van der Waals surface area (Å²) in [7, 11) is 0. The van der Waals surface area contributed by atoms with Crippen LogP contribution in [0.5, 0.6) is 0 Å². The van der Waals surface area contributed by atoms with Gasteiger partial charge < -0.3 is 19.8 Å². The first-order chi connectivity index (χ1) is 50.3. The first kappa shape index (κ1) is 107. The van der Waals surface area contributed by atoms with Crippen LogP contribution in [0.1, 0.15) is 568 Å². The summed E-state index contributed by atoms with van der Waals surface area (Å²) in [5, 5.41) is 24.2. The topological polar surface area (TPSA) is 86.7 Å². The average Bonchev–Trinajstić information content (AvgIpc) is 1.12. The Balaban J connectivity index is -0.00000192. The zero-order chi connectivity index (χ0) is 74.3. The fourth-order valence-corrected chi connectivity index (χ4v) is 16.1. The van der Waals surface area contributed by atoms with E-state index < -0.39 is 24.0 Å². The summed E-state index contributed by atoms with van der Waals surface area (Å²) in [5.74, 6) is -1.70. The Morgan fingerprint density at radius 3 is 0.369 bits per heavy atom. The molecule has 0 aliphatic carbocycles. The van der Waals surface area contributed by atoms with E-state index in [0.717, 1.165) is 90.4 Å². The quantitative estimate of drug-likeness (QED) is 0.0445. The van der Waals surface area contributed by atoms with Crippen molar-refractivity contribution < 1.29 is 19.8 Å². The molecule has 0 aromatic rings. The van der Waals surface area contributed by atoms with Crippen molar-refractivity contribution in [2.75, 3.05) is 26.2 Å². The van der Waals surface area contributed by atoms with Gasteiger partial charge in [0, 0.05) is 12.1 Å². The summed E-state index contributed by atoms with van der Waals surface area (Å²) in [6, 6.07) is -0.785. The van der Waals surface area contributed by atoms with Gasteiger partial charge in [0.2, 0.25) is 0 Å². The maximum Gasteiger partial charge on any atom is 2.00 e. The molecule has 0 amide bonds. The van der Waals surface area contributed by atoms with E-state index in [1.807, 2.05) is 0 Å². The van der Waals surface area contributed by atoms with Gasteiger partial charge in [-0.1, -0.05) is 530 Å². The smallest absolute Gasteiger partial charge is 0.548 e. The zero-order valence-electron chi connectivity index (χ0n) is 72.2. The van der Waals surface area contributed by atoms with Gasteiger partial charge in [0.25, 0.3) is 0 Å². The van der Waals surface area contributed by atoms with E-state index in [-0.39, 0.29) is 37.7 Å². The van der Waals surface area contributed by atoms with Gasteiger partial charge in [-0.2, -0.15) is 0 Å². The number of carbonyl (C=O) groups excluding carboxylic acids is 2. The van der Waals surface area contributed by atoms with Gasteiger partial charge in [-0.05, 0) is 64.7 Å². The number of carboxylic acids is 2. The second kappa shape index (κ2) is 96.3. The molecule has 0 fully saturated rings. The maximum absolute atomic E-state index is 12.1. The third kappa shape index (κ3) is 87.6. The summed E-state index contributed by atoms with van der Waals surface area (Å²) in [4.78, 5) is 28.8. The molecule has 7 heteroatoms. The standard InChI is InChI=1S/2C48H97NO2.Ca/c2*1-4-7-10-12-14-16-18-20-22-24-26-28-30-32-34-36-38-40-42-45-49(47(48(50)51)44-9-6-3)46-43-41-39-37-35-33-31-29-27-25-23-21-19-17-15-13-11-8-5-2;/h2*47H,4-46H2,1-3H3,(H,50,51);/q;;+2/p-2. The first-order valence-corrected chi connectivity index (χ1v) is 48.2. The second-order valence-electron chi connectivity index (χ2n) is 33.5. The number of carboxylic acid groups (broad SMARTS) is 2. The number of aliphatic carboxylic acids is 2. The van der Waals surface area contributed by atoms with Gasteiger partial charge in [-0.25, -0.2) is 0 Å². The van der Waals surface area contributed by atoms with Crippen LogP contribution < -0.4 is 10.2 Å². The Morgan fingerprint density at radius 2 is 0.272 bits per heavy atom. The molecule has 0 spiro atoms. The fraction of sp³-hybridized carbons (Fsp3) is 0.979. The summed E-state index contributed by atoms with van der Waals surface area (Å²) in [5.41, 5.74) is 0. The van der Waals surface area contributed by atoms with E-state index in [9.17, 15) is 19.8 Å². The molecule has 0 rings (SSSR count). The van der Waals surface area contributed by atoms with Crippen LogP contribution >= 0.6 is 0 Å². The van der Waals surface area contributed by atoms with E-state index >= 15 is 0 Å². The van der Waals surface area contributed by atoms with Crippen LogP contribution in [-0.4, -0.2) is 97.7 Å². The molecule has 0 saturated heterocycles. The number of nitrogens with zero attached hydrogens (tertiary/aromatic N) is 2. The minimum absolute atomic E-state index is 0. The molecular formula is C96H192CaN2O4. The molecule has 0 saturated carbocycles. The Hall–Kier alpha value is 0.120. The Morgan fingerprint density at radius 1 is 0.175 bits per heavy atom. The molecule has 0 N–H and O–H groups in total. The molecule has 0 aromatic heterocycles. The van der Waals surface area contributed by atoms with Gasteiger partial charge in [0.1, 0.15) is 0 Å². The zero-order valence-corrected chi connectivity index (χ0v) is 74.4. The van der Waals surface area contributed by atoms with Crippen molar-refractivity contribution in [3.63, 3.8) is 0 Å². The molecule has 0 bridgehead atoms. The van der Waals surface area contributed by atoms with Crippen molar-refractivity contribution in [2.45, 2.75) is 580 Å². The molecule has 0 radical (unpaired) electrons. The molecule has 0 aliphatic rings. The predicted molar refractivity (Wildman–Crippen MR) is 459 cm³/mol. The normalized spacial score (nSPS) is 12.2. The Bertz CT molecular complexity index is 1340. The molecule has 0 aromatic carbocycles. The summed E-state index contributed by atoms with van der Waals surface area (Å²) in [6.07, 6.45) is 111. The van der Waals surface area contributed by atoms with Crippen LogP contribution in [0.15, 0.2) is 0 Å². The van der Waals surface area contributed by atoms with Crippen LogP contribution in [0.25, 0.3) is 0 Å². The van der Waals surface area contributed by atoms with E-state index in [0.29, 0.717) is 0 Å². The van der Waals surface area contributed by atoms with Gasteiger partial charge in [-0.3, -0.25) is 9.80 Å². The van der Waals surface area contributed by atoms with Crippen molar-refractivity contribution in [2.24, 2.45) is 0 Å². The number of hydrogen-bond donors (Lipinski definition) is 0. The Kier molecular flexibility index (Phi) is 100. The third-order valence-corrected chi connectivity index (χ3v) is 23.3. The Labute approximate surface area is 680 Å². The van der Waals surface area contributed by atoms with Gasteiger partial charge in [0.05, 0.1) is 11.9 Å². The minimum atomic E-state index is -0.848. The van der Waals surface area contributed by atoms with Gasteiger partial charge >= 0.3 is 37.7 Å². The monoisotopic (exact) mass is 1480 g/mol. The van der Waals surface area contributed by atoms with Crippen molar-refractivity contribution >= 4 is 49.7 Å². The number of hydrogen-bond acceptors (Lipinski definition) is 6. The maximum atomic E-state index is 12.1. The van der Waals surface area contributed by atoms with E-state index in [1.165, 1.54) is 462 Å². The van der Waals surface area contributed by atoms with Crippen molar-refractivity contribution in [1.82, 2.24) is 9.80 Å². The van der Waals surface area contributed by atoms with Crippen LogP contribution in [0, 0.1) is 0 Å². The average molecular weight is 1480 g/mol. The molecule has 612 valence electrons. The summed E-state index contributed by atoms with van der Waals surface area (Å²) >= 11 is 0.